The lowest BCUT2D eigenvalue weighted by Crippen LogP contribution is -2.43. The molecule has 1 unspecified atom stereocenters. The first kappa shape index (κ1) is 15.2. The molecule has 0 radical (unpaired) electrons. The monoisotopic (exact) mass is 268 g/mol. The normalized spacial score (nSPS) is 13.0. The summed E-state index contributed by atoms with van der Waals surface area (Å²) >= 11 is 0. The van der Waals surface area contributed by atoms with Crippen molar-refractivity contribution in [1.29, 1.82) is 0 Å². The van der Waals surface area contributed by atoms with Crippen LogP contribution in [-0.4, -0.2) is 38.5 Å². The minimum atomic E-state index is -1.07. The maximum Gasteiger partial charge on any atom is 0.326 e. The Kier molecular flexibility index (Phi) is 5.05. The van der Waals surface area contributed by atoms with Gasteiger partial charge in [0.05, 0.1) is 6.33 Å². The fraction of sp³-hybridized carbons (Fsp3) is 0.583. The number of carbonyl (C=O) groups excluding carboxylic acids is 1. The standard InChI is InChI=1S/C12H20N4O3/c1-12(2,13)4-3-10(17)16-9(11(18)19)5-8-6-14-7-15-8/h6-7,9H,3-5,13H2,1-2H3,(H,14,15)(H,16,17)(H,18,19). The lowest BCUT2D eigenvalue weighted by atomic mass is 10.00. The summed E-state index contributed by atoms with van der Waals surface area (Å²) in [5.74, 6) is -1.39. The van der Waals surface area contributed by atoms with Gasteiger partial charge in [0, 0.05) is 30.3 Å². The van der Waals surface area contributed by atoms with E-state index in [1.54, 1.807) is 0 Å². The predicted octanol–water partition coefficient (Wildman–Crippen LogP) is 0.0391. The molecule has 0 aliphatic rings. The zero-order chi connectivity index (χ0) is 14.5. The van der Waals surface area contributed by atoms with Crippen LogP contribution in [0.25, 0.3) is 0 Å². The molecule has 1 aromatic rings. The van der Waals surface area contributed by atoms with E-state index >= 15 is 0 Å². The zero-order valence-corrected chi connectivity index (χ0v) is 11.1. The van der Waals surface area contributed by atoms with E-state index in [1.165, 1.54) is 12.5 Å². The second kappa shape index (κ2) is 6.33. The van der Waals surface area contributed by atoms with Crippen LogP contribution in [0.2, 0.25) is 0 Å². The number of carboxylic acid groups (broad SMARTS) is 1. The Morgan fingerprint density at radius 1 is 1.58 bits per heavy atom. The minimum Gasteiger partial charge on any atom is -0.480 e. The molecule has 1 amide bonds. The van der Waals surface area contributed by atoms with Gasteiger partial charge in [-0.3, -0.25) is 4.79 Å². The van der Waals surface area contributed by atoms with Gasteiger partial charge < -0.3 is 21.1 Å². The van der Waals surface area contributed by atoms with Gasteiger partial charge in [-0.2, -0.15) is 0 Å². The number of aliphatic carboxylic acids is 1. The van der Waals surface area contributed by atoms with Gasteiger partial charge >= 0.3 is 5.97 Å². The van der Waals surface area contributed by atoms with Crippen LogP contribution in [0.15, 0.2) is 12.5 Å². The molecular formula is C12H20N4O3. The molecule has 5 N–H and O–H groups in total. The summed E-state index contributed by atoms with van der Waals surface area (Å²) in [5, 5.41) is 11.6. The van der Waals surface area contributed by atoms with E-state index < -0.39 is 17.6 Å². The van der Waals surface area contributed by atoms with Gasteiger partial charge in [-0.1, -0.05) is 0 Å². The number of nitrogens with zero attached hydrogens (tertiary/aromatic N) is 1. The molecule has 0 spiro atoms. The smallest absolute Gasteiger partial charge is 0.326 e. The first-order valence-electron chi connectivity index (χ1n) is 6.06. The second-order valence-electron chi connectivity index (χ2n) is 5.23. The molecule has 7 nitrogen and oxygen atoms in total. The average molecular weight is 268 g/mol. The maximum atomic E-state index is 11.7. The van der Waals surface area contributed by atoms with Gasteiger partial charge in [0.2, 0.25) is 5.91 Å². The lowest BCUT2D eigenvalue weighted by Gasteiger charge is -2.19. The van der Waals surface area contributed by atoms with E-state index in [1.807, 2.05) is 13.8 Å². The van der Waals surface area contributed by atoms with E-state index in [0.29, 0.717) is 12.1 Å². The van der Waals surface area contributed by atoms with Crippen LogP contribution in [0.4, 0.5) is 0 Å². The number of aromatic amines is 1. The number of H-pyrrole nitrogens is 1. The van der Waals surface area contributed by atoms with Crippen molar-refractivity contribution in [2.24, 2.45) is 5.73 Å². The number of carbonyl (C=O) groups is 2. The van der Waals surface area contributed by atoms with E-state index in [2.05, 4.69) is 15.3 Å². The van der Waals surface area contributed by atoms with Gasteiger partial charge in [-0.15, -0.1) is 0 Å². The highest BCUT2D eigenvalue weighted by Crippen LogP contribution is 2.07. The molecule has 1 atom stereocenters. The summed E-state index contributed by atoms with van der Waals surface area (Å²) in [6, 6.07) is -0.964. The molecule has 0 fully saturated rings. The Labute approximate surface area is 111 Å². The first-order chi connectivity index (χ1) is 8.78. The number of nitrogens with one attached hydrogen (secondary N) is 2. The third-order valence-corrected chi connectivity index (χ3v) is 2.61. The van der Waals surface area contributed by atoms with Crippen molar-refractivity contribution in [1.82, 2.24) is 15.3 Å². The summed E-state index contributed by atoms with van der Waals surface area (Å²) < 4.78 is 0. The quantitative estimate of drug-likeness (QED) is 0.556. The number of rotatable bonds is 7. The van der Waals surface area contributed by atoms with Crippen molar-refractivity contribution >= 4 is 11.9 Å². The molecule has 0 aliphatic carbocycles. The van der Waals surface area contributed by atoms with E-state index in [-0.39, 0.29) is 18.7 Å². The number of aromatic nitrogens is 2. The zero-order valence-electron chi connectivity index (χ0n) is 11.1. The molecule has 0 saturated heterocycles. The van der Waals surface area contributed by atoms with E-state index in [4.69, 9.17) is 10.8 Å². The Bertz CT molecular complexity index is 423. The molecule has 0 aliphatic heterocycles. The number of amides is 1. The largest absolute Gasteiger partial charge is 0.480 e. The van der Waals surface area contributed by atoms with Crippen molar-refractivity contribution in [2.45, 2.75) is 44.7 Å². The molecule has 0 bridgehead atoms. The molecule has 1 rings (SSSR count). The molecule has 0 aromatic carbocycles. The third kappa shape index (κ3) is 6.01. The van der Waals surface area contributed by atoms with Crippen molar-refractivity contribution in [3.8, 4) is 0 Å². The number of carboxylic acids is 1. The first-order valence-corrected chi connectivity index (χ1v) is 6.06. The molecule has 1 aromatic heterocycles. The lowest BCUT2D eigenvalue weighted by molar-refractivity contribution is -0.141. The van der Waals surface area contributed by atoms with E-state index in [0.717, 1.165) is 0 Å². The SMILES string of the molecule is CC(C)(N)CCC(=O)NC(Cc1cnc[nH]1)C(=O)O. The van der Waals surface area contributed by atoms with Crippen LogP contribution in [0.3, 0.4) is 0 Å². The minimum absolute atomic E-state index is 0.174. The van der Waals surface area contributed by atoms with Crippen molar-refractivity contribution in [3.05, 3.63) is 18.2 Å². The Morgan fingerprint density at radius 3 is 2.74 bits per heavy atom. The maximum absolute atomic E-state index is 11.7. The predicted molar refractivity (Wildman–Crippen MR) is 69.4 cm³/mol. The summed E-state index contributed by atoms with van der Waals surface area (Å²) in [6.45, 7) is 3.64. The molecule has 19 heavy (non-hydrogen) atoms. The number of imidazole rings is 1. The number of nitrogens with two attached hydrogens (primary N) is 1. The summed E-state index contributed by atoms with van der Waals surface area (Å²) in [7, 11) is 0. The Hall–Kier alpha value is -1.89. The Balaban J connectivity index is 2.49. The van der Waals surface area contributed by atoms with Crippen LogP contribution in [0, 0.1) is 0 Å². The highest BCUT2D eigenvalue weighted by Gasteiger charge is 2.22. The van der Waals surface area contributed by atoms with E-state index in [9.17, 15) is 9.59 Å². The molecule has 7 heteroatoms. The van der Waals surface area contributed by atoms with Gasteiger partial charge in [0.1, 0.15) is 6.04 Å². The summed E-state index contributed by atoms with van der Waals surface area (Å²) in [5.41, 5.74) is 5.99. The van der Waals surface area contributed by atoms with Crippen LogP contribution < -0.4 is 11.1 Å². The molecule has 0 saturated carbocycles. The van der Waals surface area contributed by atoms with Crippen LogP contribution >= 0.6 is 0 Å². The van der Waals surface area contributed by atoms with Gasteiger partial charge in [-0.05, 0) is 20.3 Å². The van der Waals surface area contributed by atoms with Crippen molar-refractivity contribution < 1.29 is 14.7 Å². The van der Waals surface area contributed by atoms with Crippen LogP contribution in [-0.2, 0) is 16.0 Å². The summed E-state index contributed by atoms with van der Waals surface area (Å²) in [4.78, 5) is 29.4. The Morgan fingerprint density at radius 2 is 2.26 bits per heavy atom. The second-order valence-corrected chi connectivity index (χ2v) is 5.23. The molecule has 1 heterocycles. The van der Waals surface area contributed by atoms with Gasteiger partial charge in [0.25, 0.3) is 0 Å². The average Bonchev–Trinajstić information content (AvgIpc) is 2.77. The fourth-order valence-electron chi connectivity index (χ4n) is 1.52. The highest BCUT2D eigenvalue weighted by molar-refractivity contribution is 5.83. The van der Waals surface area contributed by atoms with Gasteiger partial charge in [0.15, 0.2) is 0 Å². The number of hydrogen-bond donors (Lipinski definition) is 4. The highest BCUT2D eigenvalue weighted by atomic mass is 16.4. The summed E-state index contributed by atoms with van der Waals surface area (Å²) in [6.07, 6.45) is 3.87. The van der Waals surface area contributed by atoms with Crippen molar-refractivity contribution in [3.63, 3.8) is 0 Å². The molecular weight excluding hydrogens is 248 g/mol. The molecule has 106 valence electrons. The van der Waals surface area contributed by atoms with Crippen molar-refractivity contribution in [2.75, 3.05) is 0 Å². The third-order valence-electron chi connectivity index (χ3n) is 2.61. The fourth-order valence-corrected chi connectivity index (χ4v) is 1.52. The topological polar surface area (TPSA) is 121 Å². The van der Waals surface area contributed by atoms with Gasteiger partial charge in [-0.25, -0.2) is 9.78 Å². The van der Waals surface area contributed by atoms with Crippen LogP contribution in [0.5, 0.6) is 0 Å². The number of hydrogen-bond acceptors (Lipinski definition) is 4. The van der Waals surface area contributed by atoms with Crippen LogP contribution in [0.1, 0.15) is 32.4 Å².